The van der Waals surface area contributed by atoms with Crippen LogP contribution in [0.25, 0.3) is 0 Å². The van der Waals surface area contributed by atoms with Gasteiger partial charge in [0, 0.05) is 0 Å². The van der Waals surface area contributed by atoms with Crippen molar-refractivity contribution in [2.45, 2.75) is 104 Å². The first-order valence-corrected chi connectivity index (χ1v) is 12.3. The van der Waals surface area contributed by atoms with E-state index in [4.69, 9.17) is 9.47 Å². The smallest absolute Gasteiger partial charge is 0.347 e. The molecule has 1 aromatic carbocycles. The molecule has 0 aromatic heterocycles. The van der Waals surface area contributed by atoms with Gasteiger partial charge in [-0.25, -0.2) is 19.2 Å². The minimum Gasteiger partial charge on any atom is -0.387 e. The van der Waals surface area contributed by atoms with Crippen LogP contribution in [-0.4, -0.2) is 46.3 Å². The molecule has 2 atom stereocenters. The summed E-state index contributed by atoms with van der Waals surface area (Å²) < 4.78 is 9.65. The quantitative estimate of drug-likeness (QED) is 0.217. The van der Waals surface area contributed by atoms with E-state index in [-0.39, 0.29) is 24.0 Å². The summed E-state index contributed by atoms with van der Waals surface area (Å²) in [5.41, 5.74) is 0.0773. The molecule has 0 saturated carbocycles. The van der Waals surface area contributed by atoms with Gasteiger partial charge in [-0.1, -0.05) is 77.8 Å². The van der Waals surface area contributed by atoms with Crippen LogP contribution in [-0.2, 0) is 25.5 Å². The molecule has 8 heteroatoms. The molecule has 0 aliphatic carbocycles. The first-order chi connectivity index (χ1) is 16.3. The van der Waals surface area contributed by atoms with Crippen molar-refractivity contribution in [3.05, 3.63) is 34.9 Å². The molecule has 0 fully saturated rings. The van der Waals surface area contributed by atoms with Gasteiger partial charge in [-0.15, -0.1) is 0 Å². The highest BCUT2D eigenvalue weighted by Crippen LogP contribution is 2.21. The van der Waals surface area contributed by atoms with Gasteiger partial charge in [0.2, 0.25) is 0 Å². The number of hydrogen-bond donors (Lipinski definition) is 2. The summed E-state index contributed by atoms with van der Waals surface area (Å²) in [7, 11) is 0. The van der Waals surface area contributed by atoms with Crippen LogP contribution < -0.4 is 0 Å². The monoisotopic (exact) mass is 478 g/mol. The second-order valence-corrected chi connectivity index (χ2v) is 8.38. The fourth-order valence-electron chi connectivity index (χ4n) is 3.52. The Balaban J connectivity index is 3.13. The predicted molar refractivity (Wildman–Crippen MR) is 126 cm³/mol. The van der Waals surface area contributed by atoms with Gasteiger partial charge < -0.3 is 19.7 Å². The maximum Gasteiger partial charge on any atom is 0.347 e. The first-order valence-electron chi connectivity index (χ1n) is 12.3. The van der Waals surface area contributed by atoms with Crippen LogP contribution in [0.15, 0.2) is 18.2 Å². The third kappa shape index (κ3) is 9.73. The third-order valence-electron chi connectivity index (χ3n) is 5.43. The number of aliphatic hydroxyl groups excluding tert-OH is 2. The highest BCUT2D eigenvalue weighted by atomic mass is 16.6. The van der Waals surface area contributed by atoms with Crippen LogP contribution in [0.4, 0.5) is 0 Å². The maximum absolute atomic E-state index is 12.9. The number of aliphatic hydroxyl groups is 2. The van der Waals surface area contributed by atoms with Gasteiger partial charge >= 0.3 is 23.9 Å². The van der Waals surface area contributed by atoms with E-state index in [1.54, 1.807) is 26.0 Å². The minimum absolute atomic E-state index is 0.128. The fourth-order valence-corrected chi connectivity index (χ4v) is 3.52. The molecule has 34 heavy (non-hydrogen) atoms. The van der Waals surface area contributed by atoms with Crippen molar-refractivity contribution in [1.82, 2.24) is 0 Å². The van der Waals surface area contributed by atoms with Crippen LogP contribution in [0.1, 0.15) is 111 Å². The zero-order valence-electron chi connectivity index (χ0n) is 20.5. The topological polar surface area (TPSA) is 127 Å². The summed E-state index contributed by atoms with van der Waals surface area (Å²) in [4.78, 5) is 49.8. The standard InChI is InChI=1S/C26H38O8/c1-4-7-8-9-10-11-15-18-16-12-17-19(23(29)33-24(30)20(27)13-5-2)22(18)26(32)34-25(31)21(28)14-6-3/h12,16-17,20-21,27-28H,4-11,13-15H2,1-3H3. The molecule has 0 aliphatic rings. The summed E-state index contributed by atoms with van der Waals surface area (Å²) in [6.45, 7) is 5.67. The molecule has 0 bridgehead atoms. The van der Waals surface area contributed by atoms with Gasteiger partial charge in [-0.2, -0.15) is 0 Å². The lowest BCUT2D eigenvalue weighted by Gasteiger charge is -2.15. The summed E-state index contributed by atoms with van der Waals surface area (Å²) in [5.74, 6) is -4.41. The average molecular weight is 479 g/mol. The molecule has 0 spiro atoms. The molecule has 2 N–H and O–H groups in total. The fraction of sp³-hybridized carbons (Fsp3) is 0.615. The molecule has 0 radical (unpaired) electrons. The highest BCUT2D eigenvalue weighted by Gasteiger charge is 2.29. The Hall–Kier alpha value is -2.58. The Morgan fingerprint density at radius 2 is 1.26 bits per heavy atom. The molecule has 0 amide bonds. The van der Waals surface area contributed by atoms with Crippen LogP contribution >= 0.6 is 0 Å². The van der Waals surface area contributed by atoms with Crippen molar-refractivity contribution in [1.29, 1.82) is 0 Å². The van der Waals surface area contributed by atoms with E-state index in [1.807, 2.05) is 0 Å². The van der Waals surface area contributed by atoms with Crippen LogP contribution in [0.2, 0.25) is 0 Å². The number of hydrogen-bond acceptors (Lipinski definition) is 8. The number of esters is 4. The van der Waals surface area contributed by atoms with Crippen LogP contribution in [0.5, 0.6) is 0 Å². The lowest BCUT2D eigenvalue weighted by molar-refractivity contribution is -0.148. The zero-order valence-corrected chi connectivity index (χ0v) is 20.5. The predicted octanol–water partition coefficient (Wildman–Crippen LogP) is 4.28. The van der Waals surface area contributed by atoms with E-state index in [2.05, 4.69) is 6.92 Å². The van der Waals surface area contributed by atoms with Crippen molar-refractivity contribution >= 4 is 23.9 Å². The Bertz CT molecular complexity index is 817. The summed E-state index contributed by atoms with van der Waals surface area (Å²) in [6.07, 6.45) is 4.94. The molecule has 1 rings (SSSR count). The summed E-state index contributed by atoms with van der Waals surface area (Å²) in [5, 5.41) is 19.6. The van der Waals surface area contributed by atoms with E-state index in [0.717, 1.165) is 38.5 Å². The summed E-state index contributed by atoms with van der Waals surface area (Å²) in [6, 6.07) is 4.51. The van der Waals surface area contributed by atoms with E-state index < -0.39 is 36.1 Å². The van der Waals surface area contributed by atoms with E-state index in [0.29, 0.717) is 24.8 Å². The van der Waals surface area contributed by atoms with Crippen molar-refractivity contribution in [3.63, 3.8) is 0 Å². The van der Waals surface area contributed by atoms with Gasteiger partial charge in [0.25, 0.3) is 0 Å². The molecule has 2 unspecified atom stereocenters. The van der Waals surface area contributed by atoms with Crippen LogP contribution in [0.3, 0.4) is 0 Å². The van der Waals surface area contributed by atoms with E-state index in [1.165, 1.54) is 6.07 Å². The van der Waals surface area contributed by atoms with Crippen molar-refractivity contribution in [2.24, 2.45) is 0 Å². The van der Waals surface area contributed by atoms with Gasteiger partial charge in [0.05, 0.1) is 11.1 Å². The molecule has 190 valence electrons. The number of rotatable bonds is 15. The molecule has 1 aromatic rings. The summed E-state index contributed by atoms with van der Waals surface area (Å²) >= 11 is 0. The number of unbranched alkanes of at least 4 members (excludes halogenated alkanes) is 5. The van der Waals surface area contributed by atoms with Crippen LogP contribution in [0, 0.1) is 0 Å². The molecule has 0 aliphatic heterocycles. The third-order valence-corrected chi connectivity index (χ3v) is 5.43. The molecular formula is C26H38O8. The second-order valence-electron chi connectivity index (χ2n) is 8.38. The van der Waals surface area contributed by atoms with Gasteiger partial charge in [0.15, 0.2) is 12.2 Å². The lowest BCUT2D eigenvalue weighted by atomic mass is 9.96. The average Bonchev–Trinajstić information content (AvgIpc) is 2.81. The van der Waals surface area contributed by atoms with Gasteiger partial charge in [-0.05, 0) is 37.3 Å². The lowest BCUT2D eigenvalue weighted by Crippen LogP contribution is -2.29. The maximum atomic E-state index is 12.9. The van der Waals surface area contributed by atoms with Crippen molar-refractivity contribution in [2.75, 3.05) is 0 Å². The van der Waals surface area contributed by atoms with Gasteiger partial charge in [-0.3, -0.25) is 0 Å². The molecular weight excluding hydrogens is 440 g/mol. The minimum atomic E-state index is -1.46. The molecule has 8 nitrogen and oxygen atoms in total. The molecule has 0 heterocycles. The number of ether oxygens (including phenoxy) is 2. The SMILES string of the molecule is CCCCCCCCc1cccc(C(=O)OC(=O)C(O)CCC)c1C(=O)OC(=O)C(O)CCC. The molecule has 0 saturated heterocycles. The first kappa shape index (κ1) is 29.5. The number of benzene rings is 1. The Morgan fingerprint density at radius 3 is 1.82 bits per heavy atom. The van der Waals surface area contributed by atoms with Crippen molar-refractivity contribution in [3.8, 4) is 0 Å². The van der Waals surface area contributed by atoms with Gasteiger partial charge in [0.1, 0.15) is 0 Å². The highest BCUT2D eigenvalue weighted by molar-refractivity contribution is 6.09. The Kier molecular flexibility index (Phi) is 14.0. The largest absolute Gasteiger partial charge is 0.387 e. The normalized spacial score (nSPS) is 12.6. The van der Waals surface area contributed by atoms with E-state index >= 15 is 0 Å². The number of carbonyl (C=O) groups excluding carboxylic acids is 4. The van der Waals surface area contributed by atoms with E-state index in [9.17, 15) is 29.4 Å². The number of carbonyl (C=O) groups is 4. The zero-order chi connectivity index (χ0) is 25.5. The van der Waals surface area contributed by atoms with Crippen molar-refractivity contribution < 1.29 is 38.9 Å². The second kappa shape index (κ2) is 16.1. The Labute approximate surface area is 201 Å². The Morgan fingerprint density at radius 1 is 0.735 bits per heavy atom. The number of aryl methyl sites for hydroxylation is 1.